The van der Waals surface area contributed by atoms with Crippen molar-refractivity contribution in [1.82, 2.24) is 0 Å². The van der Waals surface area contributed by atoms with Crippen molar-refractivity contribution in [2.24, 2.45) is 0 Å². The molecule has 0 heterocycles. The van der Waals surface area contributed by atoms with Gasteiger partial charge in [0.05, 0.1) is 10.1 Å². The van der Waals surface area contributed by atoms with E-state index in [-0.39, 0.29) is 41.1 Å². The Bertz CT molecular complexity index is 248. The van der Waals surface area contributed by atoms with Gasteiger partial charge in [0.25, 0.3) is 0 Å². The van der Waals surface area contributed by atoms with Crippen molar-refractivity contribution in [2.75, 3.05) is 5.75 Å². The van der Waals surface area contributed by atoms with Gasteiger partial charge in [0.15, 0.2) is 0 Å². The summed E-state index contributed by atoms with van der Waals surface area (Å²) in [5.74, 6) is -0.135. The van der Waals surface area contributed by atoms with E-state index in [1.807, 2.05) is 0 Å². The quantitative estimate of drug-likeness (QED) is 0.290. The third kappa shape index (κ3) is 15.1. The molecule has 14 heavy (non-hydrogen) atoms. The van der Waals surface area contributed by atoms with Crippen LogP contribution in [0.4, 0.5) is 0 Å². The minimum absolute atomic E-state index is 0. The van der Waals surface area contributed by atoms with Gasteiger partial charge in [0.1, 0.15) is 5.78 Å². The summed E-state index contributed by atoms with van der Waals surface area (Å²) in [6.45, 7) is 1.53. The second kappa shape index (κ2) is 8.85. The van der Waals surface area contributed by atoms with E-state index < -0.39 is 10.1 Å². The van der Waals surface area contributed by atoms with Crippen LogP contribution in [-0.2, 0) is 14.9 Å². The molecule has 0 saturated heterocycles. The Morgan fingerprint density at radius 1 is 1.14 bits per heavy atom. The van der Waals surface area contributed by atoms with Gasteiger partial charge in [0, 0.05) is 12.2 Å². The maximum Gasteiger partial charge on any atom is 1.00 e. The Morgan fingerprint density at radius 2 is 1.64 bits per heavy atom. The molecule has 0 aliphatic carbocycles. The van der Waals surface area contributed by atoms with Gasteiger partial charge in [-0.15, -0.1) is 0 Å². The number of unbranched alkanes of at least 4 members (excludes halogenated alkanes) is 3. The van der Waals surface area contributed by atoms with Crippen LogP contribution in [-0.4, -0.2) is 24.5 Å². The van der Waals surface area contributed by atoms with E-state index in [1.54, 1.807) is 0 Å². The summed E-state index contributed by atoms with van der Waals surface area (Å²) in [7, 11) is -4.04. The number of ketones is 1. The molecule has 0 aromatic rings. The van der Waals surface area contributed by atoms with Crippen molar-refractivity contribution in [1.29, 1.82) is 0 Å². The summed E-state index contributed by atoms with van der Waals surface area (Å²) < 4.78 is 30.5. The number of rotatable bonds is 7. The van der Waals surface area contributed by atoms with Crippen LogP contribution in [0, 0.1) is 0 Å². The maximum absolute atomic E-state index is 10.5. The molecule has 0 rings (SSSR count). The normalized spacial score (nSPS) is 10.7. The second-order valence-electron chi connectivity index (χ2n) is 3.13. The second-order valence-corrected chi connectivity index (χ2v) is 4.65. The summed E-state index contributed by atoms with van der Waals surface area (Å²) in [4.78, 5) is 10.5. The van der Waals surface area contributed by atoms with Gasteiger partial charge in [-0.2, -0.15) is 0 Å². The zero-order valence-corrected chi connectivity index (χ0v) is 11.6. The minimum Gasteiger partial charge on any atom is -0.748 e. The summed E-state index contributed by atoms with van der Waals surface area (Å²) in [5, 5.41) is 0. The molecule has 0 saturated carbocycles. The molecular weight excluding hydrogens is 215 g/mol. The number of carbonyl (C=O) groups is 1. The van der Waals surface area contributed by atoms with Gasteiger partial charge in [0.2, 0.25) is 0 Å². The van der Waals surface area contributed by atoms with E-state index in [2.05, 4.69) is 0 Å². The van der Waals surface area contributed by atoms with Gasteiger partial charge in [-0.25, -0.2) is 8.42 Å². The van der Waals surface area contributed by atoms with Crippen LogP contribution in [0.15, 0.2) is 0 Å². The van der Waals surface area contributed by atoms with Crippen LogP contribution in [0.5, 0.6) is 0 Å². The van der Waals surface area contributed by atoms with Crippen LogP contribution in [0.1, 0.15) is 39.0 Å². The summed E-state index contributed by atoms with van der Waals surface area (Å²) in [6.07, 6.45) is 3.26. The molecule has 0 aliphatic heterocycles. The molecule has 0 bridgehead atoms. The number of hydrogen-bond donors (Lipinski definition) is 0. The number of carbonyl (C=O) groups excluding carboxylic acids is 1. The third-order valence-electron chi connectivity index (χ3n) is 1.67. The Kier molecular flexibility index (Phi) is 10.7. The van der Waals surface area contributed by atoms with Gasteiger partial charge < -0.3 is 9.35 Å². The molecular formula is C8H15NaO4S. The van der Waals surface area contributed by atoms with Gasteiger partial charge in [-0.3, -0.25) is 0 Å². The first kappa shape index (κ1) is 17.0. The van der Waals surface area contributed by atoms with Gasteiger partial charge >= 0.3 is 29.6 Å². The fraction of sp³-hybridized carbons (Fsp3) is 0.875. The number of Topliss-reactive ketones (excluding diaryl/α,β-unsaturated/α-hetero) is 1. The van der Waals surface area contributed by atoms with Crippen LogP contribution in [0.2, 0.25) is 0 Å². The molecule has 0 aromatic carbocycles. The first-order valence-corrected chi connectivity index (χ1v) is 5.92. The first-order valence-electron chi connectivity index (χ1n) is 4.35. The van der Waals surface area contributed by atoms with E-state index in [0.717, 1.165) is 12.8 Å². The average molecular weight is 230 g/mol. The largest absolute Gasteiger partial charge is 1.00 e. The van der Waals surface area contributed by atoms with E-state index >= 15 is 0 Å². The van der Waals surface area contributed by atoms with Gasteiger partial charge in [-0.05, 0) is 19.8 Å². The SMILES string of the molecule is CC(=O)CCCCCCS(=O)(=O)[O-].[Na+]. The fourth-order valence-corrected chi connectivity index (χ4v) is 1.56. The summed E-state index contributed by atoms with van der Waals surface area (Å²) in [5.41, 5.74) is 0. The van der Waals surface area contributed by atoms with Crippen molar-refractivity contribution >= 4 is 15.9 Å². The standard InChI is InChI=1S/C8H16O4S.Na/c1-8(9)6-4-2-3-5-7-13(10,11)12;/h2-7H2,1H3,(H,10,11,12);/q;+1/p-1. The Balaban J connectivity index is 0. The number of hydrogen-bond acceptors (Lipinski definition) is 4. The summed E-state index contributed by atoms with van der Waals surface area (Å²) >= 11 is 0. The monoisotopic (exact) mass is 230 g/mol. The van der Waals surface area contributed by atoms with Crippen molar-refractivity contribution < 1.29 is 47.3 Å². The van der Waals surface area contributed by atoms with Crippen molar-refractivity contribution in [3.05, 3.63) is 0 Å². The Morgan fingerprint density at radius 3 is 2.07 bits per heavy atom. The maximum atomic E-state index is 10.5. The van der Waals surface area contributed by atoms with Crippen LogP contribution in [0.3, 0.4) is 0 Å². The van der Waals surface area contributed by atoms with E-state index in [9.17, 15) is 17.8 Å². The zero-order valence-electron chi connectivity index (χ0n) is 8.78. The van der Waals surface area contributed by atoms with Crippen LogP contribution >= 0.6 is 0 Å². The Hall–Kier alpha value is 0.580. The van der Waals surface area contributed by atoms with E-state index in [0.29, 0.717) is 19.3 Å². The molecule has 6 heteroatoms. The van der Waals surface area contributed by atoms with Gasteiger partial charge in [-0.1, -0.05) is 12.8 Å². The molecule has 0 fully saturated rings. The predicted molar refractivity (Wildman–Crippen MR) is 48.3 cm³/mol. The zero-order chi connectivity index (χ0) is 10.3. The van der Waals surface area contributed by atoms with Crippen molar-refractivity contribution in [2.45, 2.75) is 39.0 Å². The van der Waals surface area contributed by atoms with E-state index in [1.165, 1.54) is 6.92 Å². The van der Waals surface area contributed by atoms with Crippen molar-refractivity contribution in [3.63, 3.8) is 0 Å². The molecule has 0 amide bonds. The molecule has 0 atom stereocenters. The molecule has 78 valence electrons. The van der Waals surface area contributed by atoms with E-state index in [4.69, 9.17) is 0 Å². The summed E-state index contributed by atoms with van der Waals surface area (Å²) in [6, 6.07) is 0. The van der Waals surface area contributed by atoms with Crippen LogP contribution in [0.25, 0.3) is 0 Å². The van der Waals surface area contributed by atoms with Crippen molar-refractivity contribution in [3.8, 4) is 0 Å². The topological polar surface area (TPSA) is 74.3 Å². The molecule has 0 spiro atoms. The molecule has 0 unspecified atom stereocenters. The Labute approximate surface area is 107 Å². The molecule has 0 aliphatic rings. The molecule has 0 aromatic heterocycles. The molecule has 0 N–H and O–H groups in total. The molecule has 0 radical (unpaired) electrons. The third-order valence-corrected chi connectivity index (χ3v) is 2.46. The average Bonchev–Trinajstić information content (AvgIpc) is 1.93. The molecule has 4 nitrogen and oxygen atoms in total. The first-order chi connectivity index (χ1) is 5.92. The fourth-order valence-electron chi connectivity index (χ4n) is 1.01. The predicted octanol–water partition coefficient (Wildman–Crippen LogP) is -1.92. The minimum atomic E-state index is -4.04. The van der Waals surface area contributed by atoms with Crippen LogP contribution < -0.4 is 29.6 Å². The smallest absolute Gasteiger partial charge is 0.748 e.